The van der Waals surface area contributed by atoms with Crippen LogP contribution >= 0.6 is 0 Å². The number of rotatable bonds is 6. The van der Waals surface area contributed by atoms with E-state index < -0.39 is 9.84 Å². The largest absolute Gasteiger partial charge is 0.326 e. The van der Waals surface area contributed by atoms with E-state index in [1.54, 1.807) is 24.3 Å². The van der Waals surface area contributed by atoms with Gasteiger partial charge in [-0.15, -0.1) is 0 Å². The number of hydrogen-bond acceptors (Lipinski definition) is 5. The summed E-state index contributed by atoms with van der Waals surface area (Å²) in [7, 11) is -2.90. The third-order valence-electron chi connectivity index (χ3n) is 3.59. The van der Waals surface area contributed by atoms with E-state index in [9.17, 15) is 18.0 Å². The van der Waals surface area contributed by atoms with Gasteiger partial charge in [-0.25, -0.2) is 8.42 Å². The summed E-state index contributed by atoms with van der Waals surface area (Å²) in [5, 5.41) is 5.83. The lowest BCUT2D eigenvalue weighted by Gasteiger charge is -2.10. The van der Waals surface area contributed by atoms with Crippen molar-refractivity contribution in [3.05, 3.63) is 29.8 Å². The highest BCUT2D eigenvalue weighted by molar-refractivity contribution is 7.91. The first kappa shape index (κ1) is 16.6. The zero-order chi connectivity index (χ0) is 16.2. The second kappa shape index (κ2) is 7.02. The summed E-state index contributed by atoms with van der Waals surface area (Å²) in [5.74, 6) is 0.207. The first-order valence-corrected chi connectivity index (χ1v) is 9.02. The average molecular weight is 324 g/mol. The molecule has 0 aromatic heterocycles. The van der Waals surface area contributed by atoms with Gasteiger partial charge >= 0.3 is 0 Å². The maximum atomic E-state index is 11.8. The molecule has 1 amide bonds. The molecule has 1 unspecified atom stereocenters. The van der Waals surface area contributed by atoms with E-state index in [4.69, 9.17) is 0 Å². The summed E-state index contributed by atoms with van der Waals surface area (Å²) >= 11 is 0. The van der Waals surface area contributed by atoms with E-state index in [0.717, 1.165) is 0 Å². The number of amides is 1. The monoisotopic (exact) mass is 324 g/mol. The zero-order valence-corrected chi connectivity index (χ0v) is 13.3. The molecule has 0 aliphatic carbocycles. The summed E-state index contributed by atoms with van der Waals surface area (Å²) < 4.78 is 22.6. The van der Waals surface area contributed by atoms with Crippen LogP contribution in [0.5, 0.6) is 0 Å². The highest BCUT2D eigenvalue weighted by Gasteiger charge is 2.27. The van der Waals surface area contributed by atoms with Crippen LogP contribution in [0.25, 0.3) is 0 Å². The van der Waals surface area contributed by atoms with Crippen LogP contribution in [0.4, 0.5) is 5.69 Å². The second-order valence-electron chi connectivity index (χ2n) is 5.49. The summed E-state index contributed by atoms with van der Waals surface area (Å²) in [5.41, 5.74) is 1.24. The number of nitrogens with one attached hydrogen (secondary N) is 2. The molecule has 0 saturated carbocycles. The molecule has 1 heterocycles. The van der Waals surface area contributed by atoms with Gasteiger partial charge in [0.15, 0.2) is 15.6 Å². The summed E-state index contributed by atoms with van der Waals surface area (Å²) in [6.07, 6.45) is 0.876. The van der Waals surface area contributed by atoms with Crippen molar-refractivity contribution in [2.24, 2.45) is 0 Å². The summed E-state index contributed by atoms with van der Waals surface area (Å²) in [6.45, 7) is 1.93. The van der Waals surface area contributed by atoms with Gasteiger partial charge in [0.25, 0.3) is 0 Å². The van der Waals surface area contributed by atoms with Gasteiger partial charge in [-0.05, 0) is 37.6 Å². The molecule has 120 valence electrons. The standard InChI is InChI=1S/C15H20N2O4S/c1-11(18)12-2-4-13(5-3-12)17-15(19)6-8-16-14-7-9-22(20,21)10-14/h2-5,14,16H,6-10H2,1H3,(H,17,19). The van der Waals surface area contributed by atoms with Gasteiger partial charge in [0.2, 0.25) is 5.91 Å². The number of benzene rings is 1. The van der Waals surface area contributed by atoms with Gasteiger partial charge in [0.05, 0.1) is 11.5 Å². The number of carbonyl (C=O) groups excluding carboxylic acids is 2. The molecule has 0 radical (unpaired) electrons. The third-order valence-corrected chi connectivity index (χ3v) is 5.36. The number of Topliss-reactive ketones (excluding diaryl/α,β-unsaturated/α-hetero) is 1. The van der Waals surface area contributed by atoms with Crippen LogP contribution in [0.3, 0.4) is 0 Å². The Morgan fingerprint density at radius 1 is 1.23 bits per heavy atom. The van der Waals surface area contributed by atoms with E-state index in [1.807, 2.05) is 0 Å². The number of carbonyl (C=O) groups is 2. The molecule has 1 saturated heterocycles. The maximum absolute atomic E-state index is 11.8. The Bertz CT molecular complexity index is 653. The van der Waals surface area contributed by atoms with E-state index >= 15 is 0 Å². The van der Waals surface area contributed by atoms with Crippen molar-refractivity contribution in [3.63, 3.8) is 0 Å². The molecule has 0 bridgehead atoms. The van der Waals surface area contributed by atoms with E-state index in [2.05, 4.69) is 10.6 Å². The van der Waals surface area contributed by atoms with E-state index in [1.165, 1.54) is 6.92 Å². The Morgan fingerprint density at radius 2 is 1.91 bits per heavy atom. The van der Waals surface area contributed by atoms with Gasteiger partial charge in [-0.1, -0.05) is 0 Å². The van der Waals surface area contributed by atoms with Gasteiger partial charge < -0.3 is 10.6 Å². The summed E-state index contributed by atoms with van der Waals surface area (Å²) in [6, 6.07) is 6.66. The lowest BCUT2D eigenvalue weighted by molar-refractivity contribution is -0.116. The second-order valence-corrected chi connectivity index (χ2v) is 7.71. The lowest BCUT2D eigenvalue weighted by Crippen LogP contribution is -2.32. The molecule has 1 atom stereocenters. The molecule has 22 heavy (non-hydrogen) atoms. The van der Waals surface area contributed by atoms with Crippen LogP contribution < -0.4 is 10.6 Å². The predicted molar refractivity (Wildman–Crippen MR) is 84.8 cm³/mol. The molecule has 7 heteroatoms. The quantitative estimate of drug-likeness (QED) is 0.762. The Labute approximate surface area is 130 Å². The molecule has 2 rings (SSSR count). The van der Waals surface area contributed by atoms with Crippen molar-refractivity contribution < 1.29 is 18.0 Å². The fraction of sp³-hybridized carbons (Fsp3) is 0.467. The molecular weight excluding hydrogens is 304 g/mol. The van der Waals surface area contributed by atoms with E-state index in [0.29, 0.717) is 24.2 Å². The van der Waals surface area contributed by atoms with Crippen molar-refractivity contribution >= 4 is 27.2 Å². The lowest BCUT2D eigenvalue weighted by atomic mass is 10.1. The van der Waals surface area contributed by atoms with Crippen LogP contribution in [-0.4, -0.2) is 44.2 Å². The maximum Gasteiger partial charge on any atom is 0.225 e. The topological polar surface area (TPSA) is 92.3 Å². The minimum Gasteiger partial charge on any atom is -0.326 e. The van der Waals surface area contributed by atoms with Crippen LogP contribution in [-0.2, 0) is 14.6 Å². The fourth-order valence-corrected chi connectivity index (χ4v) is 4.07. The Balaban J connectivity index is 1.73. The molecule has 6 nitrogen and oxygen atoms in total. The Kier molecular flexibility index (Phi) is 5.31. The smallest absolute Gasteiger partial charge is 0.225 e. The average Bonchev–Trinajstić information content (AvgIpc) is 2.79. The first-order chi connectivity index (χ1) is 10.4. The molecular formula is C15H20N2O4S. The molecule has 1 aliphatic rings. The molecule has 1 fully saturated rings. The van der Waals surface area contributed by atoms with Crippen LogP contribution in [0.15, 0.2) is 24.3 Å². The number of hydrogen-bond donors (Lipinski definition) is 2. The van der Waals surface area contributed by atoms with Crippen molar-refractivity contribution in [2.45, 2.75) is 25.8 Å². The Morgan fingerprint density at radius 3 is 2.45 bits per heavy atom. The number of ketones is 1. The number of anilines is 1. The molecule has 1 aliphatic heterocycles. The van der Waals surface area contributed by atoms with Gasteiger partial charge in [-0.2, -0.15) is 0 Å². The zero-order valence-electron chi connectivity index (χ0n) is 12.5. The highest BCUT2D eigenvalue weighted by atomic mass is 32.2. The molecule has 2 N–H and O–H groups in total. The number of sulfone groups is 1. The molecule has 0 spiro atoms. The van der Waals surface area contributed by atoms with Crippen molar-refractivity contribution in [1.82, 2.24) is 5.32 Å². The normalized spacial score (nSPS) is 19.8. The van der Waals surface area contributed by atoms with Gasteiger partial charge in [0.1, 0.15) is 0 Å². The molecule has 1 aromatic rings. The summed E-state index contributed by atoms with van der Waals surface area (Å²) in [4.78, 5) is 22.9. The first-order valence-electron chi connectivity index (χ1n) is 7.20. The van der Waals surface area contributed by atoms with E-state index in [-0.39, 0.29) is 35.7 Å². The fourth-order valence-electron chi connectivity index (χ4n) is 2.36. The SMILES string of the molecule is CC(=O)c1ccc(NC(=O)CCNC2CCS(=O)(=O)C2)cc1. The van der Waals surface area contributed by atoms with Crippen LogP contribution in [0.1, 0.15) is 30.1 Å². The van der Waals surface area contributed by atoms with Crippen molar-refractivity contribution in [2.75, 3.05) is 23.4 Å². The third kappa shape index (κ3) is 4.92. The van der Waals surface area contributed by atoms with Crippen molar-refractivity contribution in [1.29, 1.82) is 0 Å². The molecule has 1 aromatic carbocycles. The van der Waals surface area contributed by atoms with Gasteiger partial charge in [0, 0.05) is 30.3 Å². The minimum absolute atomic E-state index is 0.0198. The minimum atomic E-state index is -2.90. The van der Waals surface area contributed by atoms with Crippen molar-refractivity contribution in [3.8, 4) is 0 Å². The Hall–Kier alpha value is -1.73. The predicted octanol–water partition coefficient (Wildman–Crippen LogP) is 0.994. The van der Waals surface area contributed by atoms with Crippen LogP contribution in [0.2, 0.25) is 0 Å². The highest BCUT2D eigenvalue weighted by Crippen LogP contribution is 2.12. The van der Waals surface area contributed by atoms with Crippen LogP contribution in [0, 0.1) is 0 Å². The van der Waals surface area contributed by atoms with Gasteiger partial charge in [-0.3, -0.25) is 9.59 Å².